The molecule has 2 heterocycles. The molecule has 0 unspecified atom stereocenters. The summed E-state index contributed by atoms with van der Waals surface area (Å²) in [6.07, 6.45) is 4.61. The lowest BCUT2D eigenvalue weighted by Crippen LogP contribution is -2.37. The molecule has 0 bridgehead atoms. The zero-order valence-corrected chi connectivity index (χ0v) is 14.4. The van der Waals surface area contributed by atoms with E-state index in [4.69, 9.17) is 0 Å². The average molecular weight is 339 g/mol. The molecule has 0 amide bonds. The van der Waals surface area contributed by atoms with Crippen LogP contribution in [0.15, 0.2) is 47.7 Å². The van der Waals surface area contributed by atoms with Crippen LogP contribution in [0.3, 0.4) is 0 Å². The number of aryl methyl sites for hydroxylation is 1. The number of benzene rings is 1. The maximum Gasteiger partial charge on any atom is 0.191 e. The van der Waals surface area contributed by atoms with Crippen LogP contribution in [0, 0.1) is 12.7 Å². The Morgan fingerprint density at radius 1 is 1.24 bits per heavy atom. The molecule has 0 fully saturated rings. The van der Waals surface area contributed by atoms with Crippen molar-refractivity contribution in [1.82, 2.24) is 20.6 Å². The van der Waals surface area contributed by atoms with Gasteiger partial charge < -0.3 is 15.6 Å². The maximum absolute atomic E-state index is 13.2. The molecule has 0 spiro atoms. The number of hydrogen-bond donors (Lipinski definition) is 3. The Bertz CT molecular complexity index is 867. The van der Waals surface area contributed by atoms with Crippen LogP contribution < -0.4 is 10.6 Å². The topological polar surface area (TPSA) is 65.1 Å². The van der Waals surface area contributed by atoms with E-state index in [1.165, 1.54) is 12.1 Å². The van der Waals surface area contributed by atoms with Crippen LogP contribution in [0.4, 0.5) is 4.39 Å². The van der Waals surface area contributed by atoms with E-state index in [0.29, 0.717) is 6.54 Å². The van der Waals surface area contributed by atoms with Gasteiger partial charge in [0.05, 0.1) is 0 Å². The minimum atomic E-state index is -0.228. The number of nitrogens with zero attached hydrogens (tertiary/aromatic N) is 2. The van der Waals surface area contributed by atoms with Gasteiger partial charge in [-0.05, 0) is 48.7 Å². The van der Waals surface area contributed by atoms with E-state index in [0.717, 1.165) is 46.6 Å². The van der Waals surface area contributed by atoms with Crippen molar-refractivity contribution in [2.45, 2.75) is 19.9 Å². The minimum Gasteiger partial charge on any atom is -0.361 e. The molecule has 5 nitrogen and oxygen atoms in total. The van der Waals surface area contributed by atoms with Crippen molar-refractivity contribution >= 4 is 16.9 Å². The standard InChI is InChI=1S/C19H22FN5/c1-13-3-4-14(10-23-13)11-25-19(21-2)22-8-7-15-12-24-18-9-16(20)5-6-17(15)18/h3-6,9-10,12,24H,7-8,11H2,1-2H3,(H2,21,22,25). The van der Waals surface area contributed by atoms with Gasteiger partial charge in [-0.1, -0.05) is 6.07 Å². The normalized spacial score (nSPS) is 11.7. The highest BCUT2D eigenvalue weighted by molar-refractivity contribution is 5.83. The fraction of sp³-hybridized carbons (Fsp3) is 0.263. The molecule has 0 saturated carbocycles. The molecule has 0 radical (unpaired) electrons. The second-order valence-electron chi connectivity index (χ2n) is 5.91. The number of halogens is 1. The highest BCUT2D eigenvalue weighted by Gasteiger charge is 2.05. The quantitative estimate of drug-likeness (QED) is 0.495. The van der Waals surface area contributed by atoms with E-state index in [1.807, 2.05) is 37.5 Å². The third-order valence-corrected chi connectivity index (χ3v) is 4.07. The SMILES string of the molecule is CN=C(NCCc1c[nH]c2cc(F)ccc12)NCc1ccc(C)nc1. The van der Waals surface area contributed by atoms with E-state index in [1.54, 1.807) is 7.05 Å². The number of aliphatic imine (C=N–C) groups is 1. The van der Waals surface area contributed by atoms with Crippen molar-refractivity contribution < 1.29 is 4.39 Å². The van der Waals surface area contributed by atoms with Crippen LogP contribution in [0.1, 0.15) is 16.8 Å². The van der Waals surface area contributed by atoms with Crippen molar-refractivity contribution in [2.75, 3.05) is 13.6 Å². The average Bonchev–Trinajstić information content (AvgIpc) is 3.01. The summed E-state index contributed by atoms with van der Waals surface area (Å²) >= 11 is 0. The Morgan fingerprint density at radius 3 is 2.88 bits per heavy atom. The van der Waals surface area contributed by atoms with Crippen LogP contribution >= 0.6 is 0 Å². The molecule has 25 heavy (non-hydrogen) atoms. The molecule has 0 aliphatic heterocycles. The number of pyridine rings is 1. The molecular formula is C19H22FN5. The van der Waals surface area contributed by atoms with Gasteiger partial charge in [0.15, 0.2) is 5.96 Å². The predicted octanol–water partition coefficient (Wildman–Crippen LogP) is 2.92. The van der Waals surface area contributed by atoms with E-state index in [2.05, 4.69) is 25.6 Å². The first-order chi connectivity index (χ1) is 12.2. The number of guanidine groups is 1. The fourth-order valence-corrected chi connectivity index (χ4v) is 2.69. The van der Waals surface area contributed by atoms with E-state index < -0.39 is 0 Å². The Balaban J connectivity index is 1.51. The van der Waals surface area contributed by atoms with E-state index in [-0.39, 0.29) is 5.82 Å². The van der Waals surface area contributed by atoms with Crippen LogP contribution in [0.25, 0.3) is 10.9 Å². The molecule has 3 aromatic rings. The number of fused-ring (bicyclic) bond motifs is 1. The second kappa shape index (κ2) is 7.79. The first-order valence-electron chi connectivity index (χ1n) is 8.27. The summed E-state index contributed by atoms with van der Waals surface area (Å²) in [7, 11) is 1.75. The second-order valence-corrected chi connectivity index (χ2v) is 5.91. The smallest absolute Gasteiger partial charge is 0.191 e. The summed E-state index contributed by atoms with van der Waals surface area (Å²) in [5.41, 5.74) is 4.09. The Kier molecular flexibility index (Phi) is 5.28. The maximum atomic E-state index is 13.2. The largest absolute Gasteiger partial charge is 0.361 e. The first kappa shape index (κ1) is 17.0. The Morgan fingerprint density at radius 2 is 2.12 bits per heavy atom. The number of nitrogens with one attached hydrogen (secondary N) is 3. The van der Waals surface area contributed by atoms with Gasteiger partial charge in [-0.2, -0.15) is 0 Å². The fourth-order valence-electron chi connectivity index (χ4n) is 2.69. The highest BCUT2D eigenvalue weighted by Crippen LogP contribution is 2.19. The summed E-state index contributed by atoms with van der Waals surface area (Å²) in [6.45, 7) is 3.37. The van der Waals surface area contributed by atoms with Crippen molar-refractivity contribution in [3.8, 4) is 0 Å². The highest BCUT2D eigenvalue weighted by atomic mass is 19.1. The molecule has 130 valence electrons. The van der Waals surface area contributed by atoms with Gasteiger partial charge in [-0.25, -0.2) is 4.39 Å². The molecule has 3 N–H and O–H groups in total. The van der Waals surface area contributed by atoms with Crippen molar-refractivity contribution in [3.63, 3.8) is 0 Å². The van der Waals surface area contributed by atoms with Crippen molar-refractivity contribution in [2.24, 2.45) is 4.99 Å². The van der Waals surface area contributed by atoms with Crippen LogP contribution in [0.2, 0.25) is 0 Å². The molecule has 6 heteroatoms. The predicted molar refractivity (Wildman–Crippen MR) is 99.1 cm³/mol. The zero-order chi connectivity index (χ0) is 17.6. The van der Waals surface area contributed by atoms with Crippen molar-refractivity contribution in [1.29, 1.82) is 0 Å². The van der Waals surface area contributed by atoms with Crippen LogP contribution in [-0.2, 0) is 13.0 Å². The van der Waals surface area contributed by atoms with Crippen molar-refractivity contribution in [3.05, 3.63) is 65.4 Å². The van der Waals surface area contributed by atoms with E-state index >= 15 is 0 Å². The van der Waals surface area contributed by atoms with Gasteiger partial charge in [-0.3, -0.25) is 9.98 Å². The molecule has 2 aromatic heterocycles. The van der Waals surface area contributed by atoms with Gasteiger partial charge in [-0.15, -0.1) is 0 Å². The Labute approximate surface area is 146 Å². The lowest BCUT2D eigenvalue weighted by molar-refractivity contribution is 0.629. The van der Waals surface area contributed by atoms with Crippen LogP contribution in [0.5, 0.6) is 0 Å². The number of hydrogen-bond acceptors (Lipinski definition) is 2. The Hall–Kier alpha value is -2.89. The summed E-state index contributed by atoms with van der Waals surface area (Å²) in [6, 6.07) is 8.86. The minimum absolute atomic E-state index is 0.228. The molecular weight excluding hydrogens is 317 g/mol. The molecule has 0 saturated heterocycles. The number of H-pyrrole nitrogens is 1. The lowest BCUT2D eigenvalue weighted by atomic mass is 10.1. The molecule has 3 rings (SSSR count). The van der Waals surface area contributed by atoms with Crippen LogP contribution in [-0.4, -0.2) is 29.5 Å². The summed E-state index contributed by atoms with van der Waals surface area (Å²) < 4.78 is 13.2. The summed E-state index contributed by atoms with van der Waals surface area (Å²) in [5, 5.41) is 7.62. The number of aromatic amines is 1. The van der Waals surface area contributed by atoms with Gasteiger partial charge in [0.1, 0.15) is 5.82 Å². The monoisotopic (exact) mass is 339 g/mol. The van der Waals surface area contributed by atoms with E-state index in [9.17, 15) is 4.39 Å². The summed E-state index contributed by atoms with van der Waals surface area (Å²) in [5.74, 6) is 0.515. The zero-order valence-electron chi connectivity index (χ0n) is 14.4. The number of aromatic nitrogens is 2. The molecule has 0 atom stereocenters. The van der Waals surface area contributed by atoms with Gasteiger partial charge in [0, 0.05) is 49.1 Å². The third kappa shape index (κ3) is 4.35. The summed E-state index contributed by atoms with van der Waals surface area (Å²) in [4.78, 5) is 11.6. The molecule has 0 aliphatic rings. The van der Waals surface area contributed by atoms with Gasteiger partial charge in [0.25, 0.3) is 0 Å². The molecule has 1 aromatic carbocycles. The van der Waals surface area contributed by atoms with Gasteiger partial charge in [0.2, 0.25) is 0 Å². The lowest BCUT2D eigenvalue weighted by Gasteiger charge is -2.11. The number of rotatable bonds is 5. The van der Waals surface area contributed by atoms with Gasteiger partial charge >= 0.3 is 0 Å². The third-order valence-electron chi connectivity index (χ3n) is 4.07. The molecule has 0 aliphatic carbocycles. The first-order valence-corrected chi connectivity index (χ1v) is 8.27.